The molecule has 3 rings (SSSR count). The zero-order valence-corrected chi connectivity index (χ0v) is 15.9. The minimum absolute atomic E-state index is 0.125. The van der Waals surface area contributed by atoms with Crippen LogP contribution in [-0.2, 0) is 0 Å². The van der Waals surface area contributed by atoms with Gasteiger partial charge in [0.15, 0.2) is 5.76 Å². The molecule has 0 aliphatic carbocycles. The lowest BCUT2D eigenvalue weighted by Gasteiger charge is -2.09. The average Bonchev–Trinajstić information content (AvgIpc) is 3.17. The minimum atomic E-state index is -0.125. The Morgan fingerprint density at radius 2 is 1.89 bits per heavy atom. The van der Waals surface area contributed by atoms with Crippen LogP contribution in [0.25, 0.3) is 22.8 Å². The second kappa shape index (κ2) is 8.54. The van der Waals surface area contributed by atoms with Crippen molar-refractivity contribution in [1.82, 2.24) is 10.3 Å². The number of nitrogens with zero attached hydrogens (tertiary/aromatic N) is 1. The van der Waals surface area contributed by atoms with Crippen LogP contribution in [-0.4, -0.2) is 24.0 Å². The van der Waals surface area contributed by atoms with Gasteiger partial charge in [-0.2, -0.15) is 0 Å². The van der Waals surface area contributed by atoms with Gasteiger partial charge < -0.3 is 14.5 Å². The molecule has 0 saturated carbocycles. The molecule has 0 bridgehead atoms. The lowest BCUT2D eigenvalue weighted by Crippen LogP contribution is -2.27. The molecule has 27 heavy (non-hydrogen) atoms. The summed E-state index contributed by atoms with van der Waals surface area (Å²) < 4.78 is 11.4. The lowest BCUT2D eigenvalue weighted by molar-refractivity contribution is 0.0949. The van der Waals surface area contributed by atoms with Gasteiger partial charge in [0.05, 0.1) is 18.4 Å². The zero-order valence-electron chi connectivity index (χ0n) is 15.9. The number of ether oxygens (including phenoxy) is 1. The monoisotopic (exact) mass is 364 g/mol. The highest BCUT2D eigenvalue weighted by Gasteiger charge is 2.17. The Labute approximate surface area is 159 Å². The van der Waals surface area contributed by atoms with Gasteiger partial charge in [0.1, 0.15) is 5.75 Å². The SMILES string of the molecule is CCOc1ccc(-c2cnc(-c3ccccc3C(=O)NCC(C)C)o2)cc1. The van der Waals surface area contributed by atoms with Crippen molar-refractivity contribution in [2.75, 3.05) is 13.2 Å². The Balaban J connectivity index is 1.85. The molecule has 0 saturated heterocycles. The smallest absolute Gasteiger partial charge is 0.252 e. The first-order valence-corrected chi connectivity index (χ1v) is 9.15. The van der Waals surface area contributed by atoms with Crippen LogP contribution < -0.4 is 10.1 Å². The van der Waals surface area contributed by atoms with E-state index in [9.17, 15) is 4.79 Å². The molecule has 0 aliphatic heterocycles. The van der Waals surface area contributed by atoms with Crippen molar-refractivity contribution >= 4 is 5.91 Å². The summed E-state index contributed by atoms with van der Waals surface area (Å²) in [4.78, 5) is 16.9. The molecular formula is C22H24N2O3. The van der Waals surface area contributed by atoms with Crippen molar-refractivity contribution in [2.45, 2.75) is 20.8 Å². The summed E-state index contributed by atoms with van der Waals surface area (Å²) in [6.45, 7) is 7.32. The number of hydrogen-bond donors (Lipinski definition) is 1. The van der Waals surface area contributed by atoms with Crippen LogP contribution in [0, 0.1) is 5.92 Å². The minimum Gasteiger partial charge on any atom is -0.494 e. The van der Waals surface area contributed by atoms with Crippen molar-refractivity contribution in [3.8, 4) is 28.5 Å². The number of benzene rings is 2. The first-order valence-electron chi connectivity index (χ1n) is 9.15. The van der Waals surface area contributed by atoms with Crippen LogP contribution in [0.1, 0.15) is 31.1 Å². The van der Waals surface area contributed by atoms with Crippen LogP contribution in [0.4, 0.5) is 0 Å². The van der Waals surface area contributed by atoms with Crippen LogP contribution >= 0.6 is 0 Å². The number of hydrogen-bond acceptors (Lipinski definition) is 4. The molecule has 140 valence electrons. The molecule has 1 heterocycles. The standard InChI is InChI=1S/C22H24N2O3/c1-4-26-17-11-9-16(10-12-17)20-14-24-22(27-20)19-8-6-5-7-18(19)21(25)23-13-15(2)3/h5-12,14-15H,4,13H2,1-3H3,(H,23,25). The third-order valence-electron chi connectivity index (χ3n) is 4.03. The Bertz CT molecular complexity index is 898. The van der Waals surface area contributed by atoms with Crippen molar-refractivity contribution in [3.05, 3.63) is 60.3 Å². The van der Waals surface area contributed by atoms with E-state index < -0.39 is 0 Å². The van der Waals surface area contributed by atoms with E-state index in [0.29, 0.717) is 41.8 Å². The maximum Gasteiger partial charge on any atom is 0.252 e. The number of oxazole rings is 1. The zero-order chi connectivity index (χ0) is 19.2. The van der Waals surface area contributed by atoms with Crippen molar-refractivity contribution < 1.29 is 13.9 Å². The first-order chi connectivity index (χ1) is 13.1. The van der Waals surface area contributed by atoms with Gasteiger partial charge in [0, 0.05) is 17.7 Å². The third kappa shape index (κ3) is 4.56. The Hall–Kier alpha value is -3.08. The molecular weight excluding hydrogens is 340 g/mol. The third-order valence-corrected chi connectivity index (χ3v) is 4.03. The Kier molecular flexibility index (Phi) is 5.91. The van der Waals surface area contributed by atoms with E-state index in [1.165, 1.54) is 0 Å². The van der Waals surface area contributed by atoms with Gasteiger partial charge in [-0.15, -0.1) is 0 Å². The predicted molar refractivity (Wildman–Crippen MR) is 106 cm³/mol. The topological polar surface area (TPSA) is 64.4 Å². The molecule has 0 unspecified atom stereocenters. The van der Waals surface area contributed by atoms with Gasteiger partial charge >= 0.3 is 0 Å². The summed E-state index contributed by atoms with van der Waals surface area (Å²) in [5.41, 5.74) is 2.13. The number of carbonyl (C=O) groups is 1. The van der Waals surface area contributed by atoms with Crippen LogP contribution in [0.2, 0.25) is 0 Å². The quantitative estimate of drug-likeness (QED) is 0.654. The summed E-state index contributed by atoms with van der Waals surface area (Å²) in [7, 11) is 0. The molecule has 1 amide bonds. The molecule has 0 atom stereocenters. The van der Waals surface area contributed by atoms with E-state index in [-0.39, 0.29) is 5.91 Å². The van der Waals surface area contributed by atoms with Gasteiger partial charge in [-0.25, -0.2) is 4.98 Å². The van der Waals surface area contributed by atoms with Gasteiger partial charge in [0.25, 0.3) is 5.91 Å². The fourth-order valence-electron chi connectivity index (χ4n) is 2.67. The van der Waals surface area contributed by atoms with Crippen LogP contribution in [0.15, 0.2) is 59.1 Å². The maximum atomic E-state index is 12.5. The molecule has 0 spiro atoms. The molecule has 2 aromatic carbocycles. The van der Waals surface area contributed by atoms with E-state index >= 15 is 0 Å². The van der Waals surface area contributed by atoms with E-state index in [1.54, 1.807) is 12.3 Å². The largest absolute Gasteiger partial charge is 0.494 e. The summed E-state index contributed by atoms with van der Waals surface area (Å²) in [5.74, 6) is 2.14. The number of amides is 1. The highest BCUT2D eigenvalue weighted by molar-refractivity contribution is 6.00. The molecule has 3 aromatic rings. The van der Waals surface area contributed by atoms with Crippen molar-refractivity contribution in [1.29, 1.82) is 0 Å². The molecule has 0 aliphatic rings. The second-order valence-electron chi connectivity index (χ2n) is 6.64. The van der Waals surface area contributed by atoms with Gasteiger partial charge in [-0.1, -0.05) is 26.0 Å². The number of rotatable bonds is 7. The highest BCUT2D eigenvalue weighted by atomic mass is 16.5. The second-order valence-corrected chi connectivity index (χ2v) is 6.64. The molecule has 0 radical (unpaired) electrons. The van der Waals surface area contributed by atoms with E-state index in [4.69, 9.17) is 9.15 Å². The fourth-order valence-corrected chi connectivity index (χ4v) is 2.67. The Morgan fingerprint density at radius 3 is 2.59 bits per heavy atom. The number of carbonyl (C=O) groups excluding carboxylic acids is 1. The van der Waals surface area contributed by atoms with Gasteiger partial charge in [-0.05, 0) is 49.2 Å². The van der Waals surface area contributed by atoms with Crippen LogP contribution in [0.5, 0.6) is 5.75 Å². The lowest BCUT2D eigenvalue weighted by atomic mass is 10.1. The number of aromatic nitrogens is 1. The highest BCUT2D eigenvalue weighted by Crippen LogP contribution is 2.29. The Morgan fingerprint density at radius 1 is 1.15 bits per heavy atom. The van der Waals surface area contributed by atoms with E-state index in [1.807, 2.05) is 49.4 Å². The predicted octanol–water partition coefficient (Wildman–Crippen LogP) is 4.79. The molecule has 1 aromatic heterocycles. The maximum absolute atomic E-state index is 12.5. The molecule has 5 heteroatoms. The van der Waals surface area contributed by atoms with Gasteiger partial charge in [0.2, 0.25) is 5.89 Å². The van der Waals surface area contributed by atoms with Crippen LogP contribution in [0.3, 0.4) is 0 Å². The molecule has 1 N–H and O–H groups in total. The molecule has 0 fully saturated rings. The summed E-state index contributed by atoms with van der Waals surface area (Å²) >= 11 is 0. The fraction of sp³-hybridized carbons (Fsp3) is 0.273. The van der Waals surface area contributed by atoms with Crippen molar-refractivity contribution in [3.63, 3.8) is 0 Å². The summed E-state index contributed by atoms with van der Waals surface area (Å²) in [5, 5.41) is 2.94. The van der Waals surface area contributed by atoms with E-state index in [0.717, 1.165) is 11.3 Å². The van der Waals surface area contributed by atoms with E-state index in [2.05, 4.69) is 24.1 Å². The first kappa shape index (κ1) is 18.7. The molecule has 5 nitrogen and oxygen atoms in total. The number of nitrogens with one attached hydrogen (secondary N) is 1. The average molecular weight is 364 g/mol. The summed E-state index contributed by atoms with van der Waals surface area (Å²) in [6, 6.07) is 15.0. The summed E-state index contributed by atoms with van der Waals surface area (Å²) in [6.07, 6.45) is 1.67. The van der Waals surface area contributed by atoms with Gasteiger partial charge in [-0.3, -0.25) is 4.79 Å². The van der Waals surface area contributed by atoms with Crippen molar-refractivity contribution in [2.24, 2.45) is 5.92 Å². The normalized spacial score (nSPS) is 10.8.